The SMILES string of the molecule is CN(C)c1ccc(C(=O)O)cc1C(F)(F)F. The first-order chi connectivity index (χ1) is 7.23. The van der Waals surface area contributed by atoms with Gasteiger partial charge in [-0.15, -0.1) is 0 Å². The zero-order valence-corrected chi connectivity index (χ0v) is 8.67. The molecule has 0 bridgehead atoms. The van der Waals surface area contributed by atoms with E-state index in [4.69, 9.17) is 5.11 Å². The van der Waals surface area contributed by atoms with Crippen LogP contribution in [0.1, 0.15) is 15.9 Å². The monoisotopic (exact) mass is 233 g/mol. The highest BCUT2D eigenvalue weighted by Crippen LogP contribution is 2.36. The van der Waals surface area contributed by atoms with Crippen LogP contribution in [0.4, 0.5) is 18.9 Å². The fourth-order valence-corrected chi connectivity index (χ4v) is 1.29. The van der Waals surface area contributed by atoms with Crippen LogP contribution in [0.25, 0.3) is 0 Å². The van der Waals surface area contributed by atoms with Gasteiger partial charge in [0, 0.05) is 19.8 Å². The highest BCUT2D eigenvalue weighted by molar-refractivity contribution is 5.88. The van der Waals surface area contributed by atoms with Crippen LogP contribution in [0.5, 0.6) is 0 Å². The third-order valence-electron chi connectivity index (χ3n) is 2.03. The first-order valence-corrected chi connectivity index (χ1v) is 4.35. The first-order valence-electron chi connectivity index (χ1n) is 4.35. The summed E-state index contributed by atoms with van der Waals surface area (Å²) in [5, 5.41) is 8.62. The Hall–Kier alpha value is -1.72. The zero-order valence-electron chi connectivity index (χ0n) is 8.67. The van der Waals surface area contributed by atoms with Gasteiger partial charge in [-0.1, -0.05) is 0 Å². The molecule has 0 atom stereocenters. The second kappa shape index (κ2) is 4.03. The summed E-state index contributed by atoms with van der Waals surface area (Å²) in [6.07, 6.45) is -4.56. The van der Waals surface area contributed by atoms with Gasteiger partial charge in [-0.25, -0.2) is 4.79 Å². The second-order valence-electron chi connectivity index (χ2n) is 3.43. The number of nitrogens with zero attached hydrogens (tertiary/aromatic N) is 1. The summed E-state index contributed by atoms with van der Waals surface area (Å²) in [6.45, 7) is 0. The third kappa shape index (κ3) is 2.44. The number of carboxylic acid groups (broad SMARTS) is 1. The van der Waals surface area contributed by atoms with Gasteiger partial charge in [0.25, 0.3) is 0 Å². The van der Waals surface area contributed by atoms with E-state index in [0.717, 1.165) is 12.1 Å². The van der Waals surface area contributed by atoms with Crippen LogP contribution in [-0.4, -0.2) is 25.2 Å². The number of hydrogen-bond acceptors (Lipinski definition) is 2. The molecule has 0 heterocycles. The molecule has 1 aromatic rings. The Morgan fingerprint density at radius 1 is 1.31 bits per heavy atom. The van der Waals surface area contributed by atoms with E-state index in [9.17, 15) is 18.0 Å². The van der Waals surface area contributed by atoms with E-state index in [-0.39, 0.29) is 11.3 Å². The van der Waals surface area contributed by atoms with Crippen LogP contribution in [0, 0.1) is 0 Å². The number of rotatable bonds is 2. The number of halogens is 3. The minimum absolute atomic E-state index is 0.0579. The predicted octanol–water partition coefficient (Wildman–Crippen LogP) is 2.47. The van der Waals surface area contributed by atoms with Crippen LogP contribution >= 0.6 is 0 Å². The largest absolute Gasteiger partial charge is 0.478 e. The molecule has 0 aliphatic rings. The van der Waals surface area contributed by atoms with Crippen molar-refractivity contribution in [3.63, 3.8) is 0 Å². The van der Waals surface area contributed by atoms with Gasteiger partial charge in [-0.3, -0.25) is 0 Å². The van der Waals surface area contributed by atoms with Crippen molar-refractivity contribution in [1.29, 1.82) is 0 Å². The fraction of sp³-hybridized carbons (Fsp3) is 0.300. The lowest BCUT2D eigenvalue weighted by Gasteiger charge is -2.19. The van der Waals surface area contributed by atoms with Crippen molar-refractivity contribution >= 4 is 11.7 Å². The molecule has 0 radical (unpaired) electrons. The summed E-state index contributed by atoms with van der Waals surface area (Å²) in [4.78, 5) is 11.9. The summed E-state index contributed by atoms with van der Waals surface area (Å²) in [5.74, 6) is -1.38. The van der Waals surface area contributed by atoms with Gasteiger partial charge >= 0.3 is 12.1 Å². The molecule has 3 nitrogen and oxygen atoms in total. The van der Waals surface area contributed by atoms with Gasteiger partial charge < -0.3 is 10.0 Å². The molecule has 0 aliphatic heterocycles. The van der Waals surface area contributed by atoms with Crippen LogP contribution < -0.4 is 4.90 Å². The number of anilines is 1. The minimum atomic E-state index is -4.56. The Morgan fingerprint density at radius 3 is 2.25 bits per heavy atom. The number of alkyl halides is 3. The Bertz CT molecular complexity index is 413. The molecule has 0 aromatic heterocycles. The Labute approximate surface area is 90.1 Å². The molecule has 88 valence electrons. The van der Waals surface area contributed by atoms with E-state index in [1.54, 1.807) is 0 Å². The zero-order chi connectivity index (χ0) is 12.5. The van der Waals surface area contributed by atoms with Gasteiger partial charge in [0.2, 0.25) is 0 Å². The van der Waals surface area contributed by atoms with Crippen molar-refractivity contribution in [2.75, 3.05) is 19.0 Å². The minimum Gasteiger partial charge on any atom is -0.478 e. The predicted molar refractivity (Wildman–Crippen MR) is 52.7 cm³/mol. The molecule has 0 aliphatic carbocycles. The molecule has 16 heavy (non-hydrogen) atoms. The maximum atomic E-state index is 12.6. The van der Waals surface area contributed by atoms with E-state index in [0.29, 0.717) is 6.07 Å². The molecular formula is C10H10F3NO2. The Morgan fingerprint density at radius 2 is 1.88 bits per heavy atom. The van der Waals surface area contributed by atoms with E-state index < -0.39 is 17.7 Å². The molecule has 0 unspecified atom stereocenters. The number of benzene rings is 1. The molecule has 0 saturated heterocycles. The van der Waals surface area contributed by atoms with Crippen LogP contribution in [0.2, 0.25) is 0 Å². The van der Waals surface area contributed by atoms with E-state index in [2.05, 4.69) is 0 Å². The number of hydrogen-bond donors (Lipinski definition) is 1. The highest BCUT2D eigenvalue weighted by Gasteiger charge is 2.34. The van der Waals surface area contributed by atoms with E-state index >= 15 is 0 Å². The summed E-state index contributed by atoms with van der Waals surface area (Å²) in [5.41, 5.74) is -1.38. The summed E-state index contributed by atoms with van der Waals surface area (Å²) in [6, 6.07) is 2.93. The summed E-state index contributed by atoms with van der Waals surface area (Å²) < 4.78 is 37.9. The average Bonchev–Trinajstić information content (AvgIpc) is 2.15. The van der Waals surface area contributed by atoms with E-state index in [1.807, 2.05) is 0 Å². The smallest absolute Gasteiger partial charge is 0.418 e. The third-order valence-corrected chi connectivity index (χ3v) is 2.03. The van der Waals surface area contributed by atoms with Crippen molar-refractivity contribution < 1.29 is 23.1 Å². The van der Waals surface area contributed by atoms with Gasteiger partial charge in [0.1, 0.15) is 0 Å². The lowest BCUT2D eigenvalue weighted by Crippen LogP contribution is -2.17. The van der Waals surface area contributed by atoms with Crippen molar-refractivity contribution in [1.82, 2.24) is 0 Å². The van der Waals surface area contributed by atoms with Crippen LogP contribution in [0.3, 0.4) is 0 Å². The quantitative estimate of drug-likeness (QED) is 0.853. The summed E-state index contributed by atoms with van der Waals surface area (Å²) in [7, 11) is 2.93. The molecule has 1 rings (SSSR count). The first kappa shape index (κ1) is 12.4. The maximum Gasteiger partial charge on any atom is 0.418 e. The van der Waals surface area contributed by atoms with Crippen molar-refractivity contribution in [2.24, 2.45) is 0 Å². The Kier molecular flexibility index (Phi) is 3.11. The van der Waals surface area contributed by atoms with Crippen molar-refractivity contribution in [3.05, 3.63) is 29.3 Å². The van der Waals surface area contributed by atoms with Gasteiger partial charge in [0.15, 0.2) is 0 Å². The number of carboxylic acids is 1. The summed E-state index contributed by atoms with van der Waals surface area (Å²) >= 11 is 0. The Balaban J connectivity index is 3.39. The molecular weight excluding hydrogens is 223 g/mol. The molecule has 1 aromatic carbocycles. The van der Waals surface area contributed by atoms with Crippen molar-refractivity contribution in [3.8, 4) is 0 Å². The van der Waals surface area contributed by atoms with Crippen molar-refractivity contribution in [2.45, 2.75) is 6.18 Å². The van der Waals surface area contributed by atoms with Crippen LogP contribution in [-0.2, 0) is 6.18 Å². The van der Waals surface area contributed by atoms with Gasteiger partial charge in [-0.2, -0.15) is 13.2 Å². The topological polar surface area (TPSA) is 40.5 Å². The molecule has 0 amide bonds. The number of aromatic carboxylic acids is 1. The molecule has 0 fully saturated rings. The average molecular weight is 233 g/mol. The standard InChI is InChI=1S/C10H10F3NO2/c1-14(2)8-4-3-6(9(15)16)5-7(8)10(11,12)13/h3-5H,1-2H3,(H,15,16). The van der Waals surface area contributed by atoms with E-state index in [1.165, 1.54) is 19.0 Å². The number of carbonyl (C=O) groups is 1. The molecule has 1 N–H and O–H groups in total. The normalized spacial score (nSPS) is 11.3. The van der Waals surface area contributed by atoms with Gasteiger partial charge in [0.05, 0.1) is 11.1 Å². The molecule has 0 saturated carbocycles. The highest BCUT2D eigenvalue weighted by atomic mass is 19.4. The van der Waals surface area contributed by atoms with Crippen LogP contribution in [0.15, 0.2) is 18.2 Å². The molecule has 6 heteroatoms. The lowest BCUT2D eigenvalue weighted by atomic mass is 10.1. The lowest BCUT2D eigenvalue weighted by molar-refractivity contribution is -0.137. The molecule has 0 spiro atoms. The second-order valence-corrected chi connectivity index (χ2v) is 3.43. The maximum absolute atomic E-state index is 12.6. The van der Waals surface area contributed by atoms with Gasteiger partial charge in [-0.05, 0) is 18.2 Å². The fourth-order valence-electron chi connectivity index (χ4n) is 1.29.